The molecule has 0 amide bonds. The molecule has 0 aliphatic carbocycles. The van der Waals surface area contributed by atoms with Gasteiger partial charge in [-0.1, -0.05) is 6.92 Å². The number of allylic oxidation sites excluding steroid dienone is 1. The molecule has 1 aliphatic rings. The molecule has 0 saturated carbocycles. The van der Waals surface area contributed by atoms with Crippen LogP contribution in [0, 0.1) is 5.41 Å². The van der Waals surface area contributed by atoms with Crippen LogP contribution in [0.25, 0.3) is 0 Å². The Morgan fingerprint density at radius 1 is 1.75 bits per heavy atom. The standard InChI is InChI=1S/C9H18N2O/c1-3-8(10)11-5-4-9(2,6-11)7-12/h3,12H,4-7,10H2,1-2H3/b8-3+. The van der Waals surface area contributed by atoms with E-state index < -0.39 is 0 Å². The third-order valence-corrected chi connectivity index (χ3v) is 2.60. The summed E-state index contributed by atoms with van der Waals surface area (Å²) in [5, 5.41) is 9.11. The van der Waals surface area contributed by atoms with Crippen LogP contribution in [0.4, 0.5) is 0 Å². The van der Waals surface area contributed by atoms with Gasteiger partial charge in [-0.3, -0.25) is 0 Å². The lowest BCUT2D eigenvalue weighted by atomic mass is 9.91. The third-order valence-electron chi connectivity index (χ3n) is 2.60. The summed E-state index contributed by atoms with van der Waals surface area (Å²) in [5.74, 6) is 0.826. The van der Waals surface area contributed by atoms with E-state index in [0.29, 0.717) is 0 Å². The van der Waals surface area contributed by atoms with Crippen molar-refractivity contribution in [1.29, 1.82) is 0 Å². The first kappa shape index (κ1) is 9.39. The Hall–Kier alpha value is -0.700. The maximum absolute atomic E-state index is 9.11. The first-order chi connectivity index (χ1) is 5.61. The zero-order valence-corrected chi connectivity index (χ0v) is 7.88. The Morgan fingerprint density at radius 2 is 2.42 bits per heavy atom. The van der Waals surface area contributed by atoms with Gasteiger partial charge in [-0.2, -0.15) is 0 Å². The van der Waals surface area contributed by atoms with Crippen molar-refractivity contribution in [3.63, 3.8) is 0 Å². The van der Waals surface area contributed by atoms with Crippen LogP contribution >= 0.6 is 0 Å². The van der Waals surface area contributed by atoms with Gasteiger partial charge in [0.1, 0.15) is 0 Å². The van der Waals surface area contributed by atoms with Crippen molar-refractivity contribution in [3.05, 3.63) is 11.9 Å². The predicted octanol–water partition coefficient (Wildman–Crippen LogP) is 0.511. The quantitative estimate of drug-likeness (QED) is 0.635. The van der Waals surface area contributed by atoms with Gasteiger partial charge in [0.15, 0.2) is 0 Å². The molecular formula is C9H18N2O. The molecule has 1 saturated heterocycles. The van der Waals surface area contributed by atoms with E-state index in [9.17, 15) is 0 Å². The summed E-state index contributed by atoms with van der Waals surface area (Å²) in [7, 11) is 0. The van der Waals surface area contributed by atoms with Crippen LogP contribution in [0.1, 0.15) is 20.3 Å². The second kappa shape index (κ2) is 3.35. The van der Waals surface area contributed by atoms with E-state index in [-0.39, 0.29) is 12.0 Å². The van der Waals surface area contributed by atoms with Crippen molar-refractivity contribution in [1.82, 2.24) is 4.90 Å². The molecule has 70 valence electrons. The summed E-state index contributed by atoms with van der Waals surface area (Å²) in [6, 6.07) is 0. The SMILES string of the molecule is C/C=C(\N)N1CCC(C)(CO)C1. The van der Waals surface area contributed by atoms with E-state index in [2.05, 4.69) is 11.8 Å². The summed E-state index contributed by atoms with van der Waals surface area (Å²) < 4.78 is 0. The minimum Gasteiger partial charge on any atom is -0.396 e. The molecule has 1 fully saturated rings. The van der Waals surface area contributed by atoms with Crippen molar-refractivity contribution in [2.24, 2.45) is 11.1 Å². The Morgan fingerprint density at radius 3 is 2.83 bits per heavy atom. The Bertz CT molecular complexity index is 191. The van der Waals surface area contributed by atoms with Gasteiger partial charge < -0.3 is 15.7 Å². The Kier molecular flexibility index (Phi) is 2.62. The maximum Gasteiger partial charge on any atom is 0.0942 e. The molecular weight excluding hydrogens is 152 g/mol. The second-order valence-corrected chi connectivity index (χ2v) is 3.85. The molecule has 3 nitrogen and oxygen atoms in total. The lowest BCUT2D eigenvalue weighted by Crippen LogP contribution is -2.29. The number of rotatable bonds is 2. The van der Waals surface area contributed by atoms with Gasteiger partial charge >= 0.3 is 0 Å². The largest absolute Gasteiger partial charge is 0.396 e. The number of likely N-dealkylation sites (tertiary alicyclic amines) is 1. The minimum atomic E-state index is 0.0492. The molecule has 0 spiro atoms. The van der Waals surface area contributed by atoms with Crippen molar-refractivity contribution < 1.29 is 5.11 Å². The monoisotopic (exact) mass is 170 g/mol. The van der Waals surface area contributed by atoms with Crippen molar-refractivity contribution in [2.75, 3.05) is 19.7 Å². The normalized spacial score (nSPS) is 31.2. The van der Waals surface area contributed by atoms with Crippen LogP contribution in [0.3, 0.4) is 0 Å². The van der Waals surface area contributed by atoms with Gasteiger partial charge in [0.2, 0.25) is 0 Å². The molecule has 0 aromatic rings. The molecule has 0 aromatic carbocycles. The van der Waals surface area contributed by atoms with Crippen molar-refractivity contribution in [3.8, 4) is 0 Å². The summed E-state index contributed by atoms with van der Waals surface area (Å²) in [6.45, 7) is 6.12. The molecule has 1 rings (SSSR count). The van der Waals surface area contributed by atoms with Crippen LogP contribution in [-0.2, 0) is 0 Å². The average Bonchev–Trinajstić information content (AvgIpc) is 2.48. The molecule has 1 atom stereocenters. The second-order valence-electron chi connectivity index (χ2n) is 3.85. The highest BCUT2D eigenvalue weighted by Gasteiger charge is 2.33. The Balaban J connectivity index is 2.56. The van der Waals surface area contributed by atoms with Gasteiger partial charge in [0.05, 0.1) is 12.4 Å². The molecule has 1 aliphatic heterocycles. The van der Waals surface area contributed by atoms with E-state index in [1.165, 1.54) is 0 Å². The molecule has 1 unspecified atom stereocenters. The number of nitrogens with two attached hydrogens (primary N) is 1. The molecule has 0 aromatic heterocycles. The number of aliphatic hydroxyl groups is 1. The molecule has 1 heterocycles. The maximum atomic E-state index is 9.11. The molecule has 3 heteroatoms. The Labute approximate surface area is 73.9 Å². The van der Waals surface area contributed by atoms with Crippen molar-refractivity contribution in [2.45, 2.75) is 20.3 Å². The fraction of sp³-hybridized carbons (Fsp3) is 0.778. The van der Waals surface area contributed by atoms with E-state index in [1.807, 2.05) is 13.0 Å². The average molecular weight is 170 g/mol. The van der Waals surface area contributed by atoms with Gasteiger partial charge in [-0.25, -0.2) is 0 Å². The fourth-order valence-electron chi connectivity index (χ4n) is 1.56. The smallest absolute Gasteiger partial charge is 0.0942 e. The zero-order valence-electron chi connectivity index (χ0n) is 7.88. The van der Waals surface area contributed by atoms with Crippen LogP contribution in [0.2, 0.25) is 0 Å². The molecule has 0 bridgehead atoms. The van der Waals surface area contributed by atoms with Crippen LogP contribution in [-0.4, -0.2) is 29.7 Å². The number of nitrogens with zero attached hydrogens (tertiary/aromatic N) is 1. The van der Waals surface area contributed by atoms with Gasteiger partial charge in [-0.05, 0) is 19.4 Å². The van der Waals surface area contributed by atoms with Crippen molar-refractivity contribution >= 4 is 0 Å². The highest BCUT2D eigenvalue weighted by molar-refractivity contribution is 5.00. The highest BCUT2D eigenvalue weighted by atomic mass is 16.3. The number of hydrogen-bond donors (Lipinski definition) is 2. The first-order valence-corrected chi connectivity index (χ1v) is 4.39. The molecule has 3 N–H and O–H groups in total. The molecule has 12 heavy (non-hydrogen) atoms. The van der Waals surface area contributed by atoms with Gasteiger partial charge in [-0.15, -0.1) is 0 Å². The van der Waals surface area contributed by atoms with Crippen LogP contribution < -0.4 is 5.73 Å². The number of aliphatic hydroxyl groups excluding tert-OH is 1. The summed E-state index contributed by atoms with van der Waals surface area (Å²) in [6.07, 6.45) is 2.93. The lowest BCUT2D eigenvalue weighted by molar-refractivity contribution is 0.150. The topological polar surface area (TPSA) is 49.5 Å². The van der Waals surface area contributed by atoms with Crippen LogP contribution in [0.15, 0.2) is 11.9 Å². The third kappa shape index (κ3) is 1.72. The first-order valence-electron chi connectivity index (χ1n) is 4.39. The van der Waals surface area contributed by atoms with E-state index in [0.717, 1.165) is 25.3 Å². The highest BCUT2D eigenvalue weighted by Crippen LogP contribution is 2.30. The van der Waals surface area contributed by atoms with Gasteiger partial charge in [0.25, 0.3) is 0 Å². The predicted molar refractivity (Wildman–Crippen MR) is 49.3 cm³/mol. The van der Waals surface area contributed by atoms with Gasteiger partial charge in [0, 0.05) is 18.5 Å². The zero-order chi connectivity index (χ0) is 9.19. The van der Waals surface area contributed by atoms with Crippen LogP contribution in [0.5, 0.6) is 0 Å². The van der Waals surface area contributed by atoms with E-state index >= 15 is 0 Å². The lowest BCUT2D eigenvalue weighted by Gasteiger charge is -2.23. The summed E-state index contributed by atoms with van der Waals surface area (Å²) in [4.78, 5) is 2.12. The summed E-state index contributed by atoms with van der Waals surface area (Å²) >= 11 is 0. The summed E-state index contributed by atoms with van der Waals surface area (Å²) in [5.41, 5.74) is 5.81. The number of hydrogen-bond acceptors (Lipinski definition) is 3. The van der Waals surface area contributed by atoms with E-state index in [4.69, 9.17) is 10.8 Å². The minimum absolute atomic E-state index is 0.0492. The van der Waals surface area contributed by atoms with E-state index in [1.54, 1.807) is 0 Å². The fourth-order valence-corrected chi connectivity index (χ4v) is 1.56. The molecule has 0 radical (unpaired) electrons.